The Morgan fingerprint density at radius 1 is 1.79 bits per heavy atom. The molecule has 1 atom stereocenters. The minimum Gasteiger partial charge on any atom is -0.411 e. The highest BCUT2D eigenvalue weighted by molar-refractivity contribution is 5.87. The van der Waals surface area contributed by atoms with Crippen molar-refractivity contribution in [3.05, 3.63) is 0 Å². The summed E-state index contributed by atoms with van der Waals surface area (Å²) in [6.07, 6.45) is 0.745. The summed E-state index contributed by atoms with van der Waals surface area (Å²) in [5.74, 6) is 0.264. The second-order valence-corrected chi connectivity index (χ2v) is 3.65. The molecular weight excluding hydrogens is 182 g/mol. The molecule has 1 unspecified atom stereocenters. The fraction of sp³-hybridized carbons (Fsp3) is 0.778. The molecule has 1 heterocycles. The van der Waals surface area contributed by atoms with Gasteiger partial charge in [0.2, 0.25) is 5.91 Å². The van der Waals surface area contributed by atoms with Gasteiger partial charge in [0.1, 0.15) is 0 Å². The number of rotatable bonds is 2. The molecule has 80 valence electrons. The Bertz CT molecular complexity index is 240. The van der Waals surface area contributed by atoms with Crippen molar-refractivity contribution in [3.8, 4) is 0 Å². The van der Waals surface area contributed by atoms with E-state index in [2.05, 4.69) is 15.4 Å². The van der Waals surface area contributed by atoms with Crippen LogP contribution in [0, 0.1) is 5.92 Å². The van der Waals surface area contributed by atoms with E-state index in [1.807, 2.05) is 6.92 Å². The van der Waals surface area contributed by atoms with E-state index in [0.717, 1.165) is 25.2 Å². The van der Waals surface area contributed by atoms with Gasteiger partial charge in [-0.25, -0.2) is 0 Å². The minimum atomic E-state index is 0.0292. The van der Waals surface area contributed by atoms with Crippen molar-refractivity contribution in [2.75, 3.05) is 26.7 Å². The van der Waals surface area contributed by atoms with Crippen LogP contribution in [0.5, 0.6) is 0 Å². The average molecular weight is 199 g/mol. The number of hydrogen-bond donors (Lipinski definition) is 2. The number of amides is 1. The molecule has 5 heteroatoms. The fourth-order valence-electron chi connectivity index (χ4n) is 1.68. The van der Waals surface area contributed by atoms with E-state index < -0.39 is 0 Å². The minimum absolute atomic E-state index is 0.0292. The van der Waals surface area contributed by atoms with Crippen molar-refractivity contribution in [3.63, 3.8) is 0 Å². The van der Waals surface area contributed by atoms with Gasteiger partial charge in [-0.05, 0) is 0 Å². The molecule has 1 amide bonds. The van der Waals surface area contributed by atoms with E-state index in [9.17, 15) is 4.79 Å². The Balaban J connectivity index is 2.43. The summed E-state index contributed by atoms with van der Waals surface area (Å²) >= 11 is 0. The predicted molar refractivity (Wildman–Crippen MR) is 53.5 cm³/mol. The van der Waals surface area contributed by atoms with Crippen LogP contribution in [0.4, 0.5) is 0 Å². The molecule has 1 rings (SSSR count). The number of nitrogens with one attached hydrogen (secondary N) is 1. The summed E-state index contributed by atoms with van der Waals surface area (Å²) in [4.78, 5) is 13.2. The largest absolute Gasteiger partial charge is 0.411 e. The molecule has 0 aromatic rings. The Hall–Kier alpha value is -1.10. The lowest BCUT2D eigenvalue weighted by atomic mass is 9.98. The third-order valence-electron chi connectivity index (χ3n) is 2.56. The number of nitrogens with zero attached hydrogens (tertiary/aromatic N) is 2. The van der Waals surface area contributed by atoms with Crippen LogP contribution in [-0.4, -0.2) is 48.4 Å². The third kappa shape index (κ3) is 2.70. The second-order valence-electron chi connectivity index (χ2n) is 3.65. The van der Waals surface area contributed by atoms with E-state index >= 15 is 0 Å². The monoisotopic (exact) mass is 199 g/mol. The van der Waals surface area contributed by atoms with E-state index in [0.29, 0.717) is 6.54 Å². The van der Waals surface area contributed by atoms with Crippen molar-refractivity contribution < 1.29 is 10.0 Å². The highest BCUT2D eigenvalue weighted by Crippen LogP contribution is 2.12. The molecule has 0 aromatic heterocycles. The smallest absolute Gasteiger partial charge is 0.233 e. The summed E-state index contributed by atoms with van der Waals surface area (Å²) in [5, 5.41) is 14.5. The SMILES string of the molecule is CNC(=O)CN1CCC(=NO)C(C)C1. The van der Waals surface area contributed by atoms with E-state index in [1.165, 1.54) is 0 Å². The summed E-state index contributed by atoms with van der Waals surface area (Å²) in [5.41, 5.74) is 0.832. The number of hydrogen-bond acceptors (Lipinski definition) is 4. The van der Waals surface area contributed by atoms with Crippen molar-refractivity contribution in [2.24, 2.45) is 11.1 Å². The molecule has 0 aliphatic carbocycles. The predicted octanol–water partition coefficient (Wildman–Crippen LogP) is -0.0956. The Morgan fingerprint density at radius 3 is 3.00 bits per heavy atom. The van der Waals surface area contributed by atoms with Crippen LogP contribution < -0.4 is 5.32 Å². The molecule has 0 aromatic carbocycles. The van der Waals surface area contributed by atoms with Gasteiger partial charge in [0, 0.05) is 32.5 Å². The first kappa shape index (κ1) is 11.0. The molecule has 1 saturated heterocycles. The molecule has 1 aliphatic rings. The number of carbonyl (C=O) groups excluding carboxylic acids is 1. The highest BCUT2D eigenvalue weighted by atomic mass is 16.4. The highest BCUT2D eigenvalue weighted by Gasteiger charge is 2.23. The van der Waals surface area contributed by atoms with Crippen LogP contribution in [0.2, 0.25) is 0 Å². The quantitative estimate of drug-likeness (QED) is 0.482. The molecule has 1 aliphatic heterocycles. The molecule has 14 heavy (non-hydrogen) atoms. The second kappa shape index (κ2) is 4.95. The lowest BCUT2D eigenvalue weighted by molar-refractivity contribution is -0.121. The topological polar surface area (TPSA) is 64.9 Å². The zero-order valence-corrected chi connectivity index (χ0v) is 8.66. The van der Waals surface area contributed by atoms with Gasteiger partial charge in [0.15, 0.2) is 0 Å². The zero-order valence-electron chi connectivity index (χ0n) is 8.66. The Labute approximate surface area is 83.8 Å². The van der Waals surface area contributed by atoms with Gasteiger partial charge in [-0.3, -0.25) is 9.69 Å². The first-order valence-corrected chi connectivity index (χ1v) is 4.81. The summed E-state index contributed by atoms with van der Waals surface area (Å²) in [7, 11) is 1.64. The lowest BCUT2D eigenvalue weighted by Crippen LogP contribution is -2.44. The maximum absolute atomic E-state index is 11.1. The number of likely N-dealkylation sites (tertiary alicyclic amines) is 1. The first-order chi connectivity index (χ1) is 6.67. The summed E-state index contributed by atoms with van der Waals surface area (Å²) in [6.45, 7) is 4.01. The van der Waals surface area contributed by atoms with Crippen molar-refractivity contribution in [1.82, 2.24) is 10.2 Å². The van der Waals surface area contributed by atoms with E-state index in [1.54, 1.807) is 7.05 Å². The summed E-state index contributed by atoms with van der Waals surface area (Å²) < 4.78 is 0. The van der Waals surface area contributed by atoms with E-state index in [-0.39, 0.29) is 11.8 Å². The zero-order chi connectivity index (χ0) is 10.6. The maximum atomic E-state index is 11.1. The number of carbonyl (C=O) groups is 1. The van der Waals surface area contributed by atoms with Gasteiger partial charge in [0.05, 0.1) is 12.3 Å². The first-order valence-electron chi connectivity index (χ1n) is 4.81. The normalized spacial score (nSPS) is 26.4. The van der Waals surface area contributed by atoms with Crippen molar-refractivity contribution in [2.45, 2.75) is 13.3 Å². The van der Waals surface area contributed by atoms with Gasteiger partial charge in [0.25, 0.3) is 0 Å². The Kier molecular flexibility index (Phi) is 3.88. The Morgan fingerprint density at radius 2 is 2.50 bits per heavy atom. The molecule has 0 radical (unpaired) electrons. The fourth-order valence-corrected chi connectivity index (χ4v) is 1.68. The van der Waals surface area contributed by atoms with Gasteiger partial charge in [-0.15, -0.1) is 0 Å². The van der Waals surface area contributed by atoms with Crippen LogP contribution in [0.25, 0.3) is 0 Å². The molecule has 1 fully saturated rings. The van der Waals surface area contributed by atoms with Gasteiger partial charge >= 0.3 is 0 Å². The summed E-state index contributed by atoms with van der Waals surface area (Å²) in [6, 6.07) is 0. The average Bonchev–Trinajstić information content (AvgIpc) is 2.18. The van der Waals surface area contributed by atoms with Crippen LogP contribution >= 0.6 is 0 Å². The van der Waals surface area contributed by atoms with Crippen LogP contribution in [0.3, 0.4) is 0 Å². The standard InChI is InChI=1S/C9H17N3O2/c1-7-5-12(6-9(13)10-2)4-3-8(7)11-14/h7,14H,3-6H2,1-2H3,(H,10,13). The van der Waals surface area contributed by atoms with Gasteiger partial charge < -0.3 is 10.5 Å². The van der Waals surface area contributed by atoms with Crippen LogP contribution in [-0.2, 0) is 4.79 Å². The molecular formula is C9H17N3O2. The third-order valence-corrected chi connectivity index (χ3v) is 2.56. The van der Waals surface area contributed by atoms with Crippen LogP contribution in [0.15, 0.2) is 5.16 Å². The van der Waals surface area contributed by atoms with Gasteiger partial charge in [-0.1, -0.05) is 12.1 Å². The lowest BCUT2D eigenvalue weighted by Gasteiger charge is -2.30. The van der Waals surface area contributed by atoms with Crippen molar-refractivity contribution >= 4 is 11.6 Å². The molecule has 0 saturated carbocycles. The van der Waals surface area contributed by atoms with Crippen molar-refractivity contribution in [1.29, 1.82) is 0 Å². The van der Waals surface area contributed by atoms with Crippen LogP contribution in [0.1, 0.15) is 13.3 Å². The number of piperidine rings is 1. The molecule has 0 bridgehead atoms. The number of oxime groups is 1. The van der Waals surface area contributed by atoms with E-state index in [4.69, 9.17) is 5.21 Å². The molecule has 5 nitrogen and oxygen atoms in total. The number of likely N-dealkylation sites (N-methyl/N-ethyl adjacent to an activating group) is 1. The molecule has 2 N–H and O–H groups in total. The molecule has 0 spiro atoms. The van der Waals surface area contributed by atoms with Gasteiger partial charge in [-0.2, -0.15) is 0 Å². The maximum Gasteiger partial charge on any atom is 0.233 e.